The lowest BCUT2D eigenvalue weighted by atomic mass is 9.79. The van der Waals surface area contributed by atoms with Gasteiger partial charge in [0.1, 0.15) is 35.6 Å². The number of primary amides is 3. The van der Waals surface area contributed by atoms with E-state index in [-0.39, 0.29) is 29.6 Å². The van der Waals surface area contributed by atoms with Crippen LogP contribution < -0.4 is 38.5 Å². The number of halogens is 8. The number of amides is 7. The number of nitrogens with zero attached hydrogens (tertiary/aromatic N) is 12. The van der Waals surface area contributed by atoms with Crippen molar-refractivity contribution in [2.24, 2.45) is 46.8 Å². The van der Waals surface area contributed by atoms with Crippen molar-refractivity contribution in [3.63, 3.8) is 0 Å². The van der Waals surface area contributed by atoms with Crippen LogP contribution >= 0.6 is 92.8 Å². The molecule has 8 heterocycles. The number of nitrogens with one attached hydrogen (secondary N) is 4. The molecule has 3 saturated carbocycles. The van der Waals surface area contributed by atoms with Crippen LogP contribution in [0.5, 0.6) is 0 Å². The second-order valence-corrected chi connectivity index (χ2v) is 35.7. The Hall–Kier alpha value is -13.9. The molecule has 0 aliphatic heterocycles. The highest BCUT2D eigenvalue weighted by Gasteiger charge is 2.48. The molecule has 6 unspecified atom stereocenters. The first-order chi connectivity index (χ1) is 65.7. The second-order valence-electron chi connectivity index (χ2n) is 32.4. The summed E-state index contributed by atoms with van der Waals surface area (Å²) in [7, 11) is 0. The standard InChI is InChI=1S/C30H23Cl2N5O2.C27H23Cl2N5O2.C23H23Cl2N5O2.C20H16Cl2N4O3/c31-24-12-11-23(16-25(24)32)37-28(17-26(36-37)22-10-5-13-34-18-22)20-8-4-9-21(15-20)30(39)35-27(29(33)38)14-19-6-2-1-3-7-19;28-21-9-8-18(12-22(21)29)34-25(14-23(33-34)17-7-4-10-31-15-17)19-13-20(19)27(36)32-24(26(30)35)11-16-5-2-1-3-6-16;24-17-9-8-16(11-18(17)25)30-20(12-19(29-30)15-7-4-10-27-13-15)28-23(32)21(22(26)31)14-5-2-1-3-6-14;21-14-6-5-13(8-15(14)22)26-17(9-16(25-26)12-2-1-7-23-10-12)24-19(27)18(20(28)29)11-3-4-11/h1-13,15-18,27H,14H2,(H2,33,38)(H,35,39);1-10,12,14-15,19-20,24H,11,13H2,(H2,30,35)(H,32,36);4,7-14,21H,1-3,5-6H2,(H2,26,31)(H,28,32);1-2,5-11,18H,3-4H2,(H,24,27)(H,28,29). The van der Waals surface area contributed by atoms with E-state index in [4.69, 9.17) is 120 Å². The van der Waals surface area contributed by atoms with Gasteiger partial charge in [-0.25, -0.2) is 18.7 Å². The summed E-state index contributed by atoms with van der Waals surface area (Å²) in [6.45, 7) is 0. The van der Waals surface area contributed by atoms with Crippen LogP contribution in [0.1, 0.15) is 84.5 Å². The van der Waals surface area contributed by atoms with Crippen LogP contribution in [0.15, 0.2) is 280 Å². The number of rotatable bonds is 28. The molecule has 18 rings (SSSR count). The van der Waals surface area contributed by atoms with Gasteiger partial charge in [0.05, 0.1) is 91.4 Å². The summed E-state index contributed by atoms with van der Waals surface area (Å²) < 4.78 is 6.58. The number of anilines is 2. The van der Waals surface area contributed by atoms with Crippen LogP contribution in [0, 0.1) is 29.6 Å². The summed E-state index contributed by atoms with van der Waals surface area (Å²) in [5.41, 5.74) is 29.8. The largest absolute Gasteiger partial charge is 0.481 e. The topological polar surface area (TPSA) is 406 Å². The van der Waals surface area contributed by atoms with Crippen LogP contribution in [0.2, 0.25) is 40.2 Å². The van der Waals surface area contributed by atoms with E-state index in [1.165, 1.54) is 4.68 Å². The van der Waals surface area contributed by atoms with E-state index in [0.29, 0.717) is 111 Å². The van der Waals surface area contributed by atoms with Crippen LogP contribution in [0.4, 0.5) is 11.6 Å². The average Bonchev–Trinajstić information content (AvgIpc) is 1.59. The molecular weight excluding hydrogens is 1890 g/mol. The Morgan fingerprint density at radius 1 is 0.375 bits per heavy atom. The molecule has 690 valence electrons. The average molecular weight is 1980 g/mol. The Morgan fingerprint density at radius 2 is 0.765 bits per heavy atom. The number of nitrogens with two attached hydrogens (primary N) is 3. The molecule has 6 atom stereocenters. The van der Waals surface area contributed by atoms with Gasteiger partial charge in [-0.2, -0.15) is 20.4 Å². The van der Waals surface area contributed by atoms with Crippen LogP contribution in [0.3, 0.4) is 0 Å². The van der Waals surface area contributed by atoms with Gasteiger partial charge in [-0.05, 0) is 201 Å². The molecule has 136 heavy (non-hydrogen) atoms. The molecule has 7 aromatic carbocycles. The Bertz CT molecular complexity index is 6870. The van der Waals surface area contributed by atoms with Crippen molar-refractivity contribution in [1.82, 2.24) is 69.7 Å². The van der Waals surface area contributed by atoms with E-state index < -0.39 is 65.3 Å². The molecule has 7 amide bonds. The third kappa shape index (κ3) is 24.2. The molecule has 11 N–H and O–H groups in total. The number of carbonyl (C=O) groups excluding carboxylic acids is 7. The maximum atomic E-state index is 13.2. The number of pyridine rings is 4. The minimum atomic E-state index is -1.13. The van der Waals surface area contributed by atoms with E-state index in [1.807, 2.05) is 127 Å². The normalized spacial score (nSPS) is 14.6. The van der Waals surface area contributed by atoms with E-state index in [0.717, 1.165) is 107 Å². The molecule has 8 aromatic heterocycles. The van der Waals surface area contributed by atoms with Crippen molar-refractivity contribution < 1.29 is 43.5 Å². The predicted octanol–water partition coefficient (Wildman–Crippen LogP) is 19.4. The molecule has 0 radical (unpaired) electrons. The van der Waals surface area contributed by atoms with Gasteiger partial charge < -0.3 is 43.6 Å². The van der Waals surface area contributed by atoms with Gasteiger partial charge in [0.2, 0.25) is 35.4 Å². The number of aromatic nitrogens is 12. The quantitative estimate of drug-likeness (QED) is 0.0211. The molecule has 0 spiro atoms. The Morgan fingerprint density at radius 3 is 1.18 bits per heavy atom. The van der Waals surface area contributed by atoms with Crippen molar-refractivity contribution in [1.29, 1.82) is 0 Å². The monoisotopic (exact) mass is 1980 g/mol. The number of carboxylic acid groups (broad SMARTS) is 1. The maximum absolute atomic E-state index is 13.2. The van der Waals surface area contributed by atoms with Crippen molar-refractivity contribution in [3.05, 3.63) is 343 Å². The van der Waals surface area contributed by atoms with Crippen LogP contribution in [-0.4, -0.2) is 124 Å². The molecule has 0 saturated heterocycles. The fourth-order valence-corrected chi connectivity index (χ4v) is 16.9. The smallest absolute Gasteiger partial charge is 0.316 e. The lowest BCUT2D eigenvalue weighted by molar-refractivity contribution is -0.146. The van der Waals surface area contributed by atoms with Gasteiger partial charge in [-0.3, -0.25) is 58.3 Å². The van der Waals surface area contributed by atoms with Gasteiger partial charge in [0.25, 0.3) is 5.91 Å². The van der Waals surface area contributed by atoms with E-state index >= 15 is 0 Å². The molecule has 3 fully saturated rings. The molecule has 36 heteroatoms. The lowest BCUT2D eigenvalue weighted by Gasteiger charge is -2.27. The third-order valence-corrected chi connectivity index (χ3v) is 25.9. The highest BCUT2D eigenvalue weighted by molar-refractivity contribution is 6.43. The number of benzene rings is 7. The van der Waals surface area contributed by atoms with Gasteiger partial charge in [-0.1, -0.05) is 185 Å². The van der Waals surface area contributed by atoms with E-state index in [1.54, 1.807) is 167 Å². The SMILES string of the molecule is NC(=O)C(C(=O)Nc1cc(-c2cccnc2)nn1-c1ccc(Cl)c(Cl)c1)C1CCCCC1.NC(=O)C(Cc1ccccc1)NC(=O)C1CC1c1cc(-c2cccnc2)nn1-c1ccc(Cl)c(Cl)c1.NC(=O)C(Cc1ccccc1)NC(=O)c1cccc(-c2cc(-c3cccnc3)nn2-c2ccc(Cl)c(Cl)c2)c1.O=C(O)C(C(=O)Nc1cc(-c2cccnc2)nn1-c1ccc(Cl)c(Cl)c1)C1CC1. The first kappa shape index (κ1) is 96.6. The molecule has 15 aromatic rings. The van der Waals surface area contributed by atoms with Crippen molar-refractivity contribution in [2.45, 2.75) is 82.2 Å². The molecule has 3 aliphatic rings. The second kappa shape index (κ2) is 44.5. The number of carboxylic acids is 1. The third-order valence-electron chi connectivity index (χ3n) is 22.9. The summed E-state index contributed by atoms with van der Waals surface area (Å²) in [5, 5.41) is 42.6. The number of hydrogen-bond donors (Lipinski definition) is 8. The Labute approximate surface area is 820 Å². The first-order valence-corrected chi connectivity index (χ1v) is 46.0. The fourth-order valence-electron chi connectivity index (χ4n) is 15.8. The van der Waals surface area contributed by atoms with E-state index in [2.05, 4.69) is 51.4 Å². The zero-order chi connectivity index (χ0) is 95.8. The number of carbonyl (C=O) groups is 8. The highest BCUT2D eigenvalue weighted by atomic mass is 35.5. The molecule has 28 nitrogen and oxygen atoms in total. The summed E-state index contributed by atoms with van der Waals surface area (Å²) in [6.07, 6.45) is 21.0. The summed E-state index contributed by atoms with van der Waals surface area (Å²) in [6, 6.07) is 66.9. The Balaban J connectivity index is 0.000000139. The van der Waals surface area contributed by atoms with Gasteiger partial charge >= 0.3 is 5.97 Å². The maximum Gasteiger partial charge on any atom is 0.316 e. The lowest BCUT2D eigenvalue weighted by Crippen LogP contribution is -2.46. The van der Waals surface area contributed by atoms with Gasteiger partial charge in [-0.15, -0.1) is 0 Å². The summed E-state index contributed by atoms with van der Waals surface area (Å²) >= 11 is 49.3. The summed E-state index contributed by atoms with van der Waals surface area (Å²) in [5.74, 6) is -6.35. The predicted molar refractivity (Wildman–Crippen MR) is 526 cm³/mol. The molecule has 0 bridgehead atoms. The van der Waals surface area contributed by atoms with Gasteiger partial charge in [0.15, 0.2) is 0 Å². The fraction of sp³-hybridized carbons (Fsp3) is 0.180. The number of hydrogen-bond acceptors (Lipinski definition) is 16. The van der Waals surface area contributed by atoms with Crippen LogP contribution in [-0.2, 0) is 46.4 Å². The van der Waals surface area contributed by atoms with Crippen molar-refractivity contribution in [3.8, 4) is 79.0 Å². The first-order valence-electron chi connectivity index (χ1n) is 43.0. The van der Waals surface area contributed by atoms with Gasteiger partial charge in [0, 0.05) is 125 Å². The molecular formula is C100H85Cl8N19O9. The zero-order valence-electron chi connectivity index (χ0n) is 72.1. The van der Waals surface area contributed by atoms with Crippen molar-refractivity contribution in [2.75, 3.05) is 10.6 Å². The number of aliphatic carboxylic acids is 1. The van der Waals surface area contributed by atoms with E-state index in [9.17, 15) is 43.5 Å². The molecule has 3 aliphatic carbocycles. The minimum absolute atomic E-state index is 0.0552. The highest BCUT2D eigenvalue weighted by Crippen LogP contribution is 2.50. The van der Waals surface area contributed by atoms with Crippen molar-refractivity contribution >= 4 is 152 Å². The van der Waals surface area contributed by atoms with Crippen LogP contribution in [0.25, 0.3) is 79.0 Å². The minimum Gasteiger partial charge on any atom is -0.481 e. The summed E-state index contributed by atoms with van der Waals surface area (Å²) in [4.78, 5) is 117. The Kier molecular flexibility index (Phi) is 31.6. The zero-order valence-corrected chi connectivity index (χ0v) is 78.1.